The summed E-state index contributed by atoms with van der Waals surface area (Å²) in [5.41, 5.74) is 2.09. The summed E-state index contributed by atoms with van der Waals surface area (Å²) in [6, 6.07) is 0. The van der Waals surface area contributed by atoms with Crippen LogP contribution >= 0.6 is 0 Å². The molecule has 19 heavy (non-hydrogen) atoms. The molecule has 104 valence electrons. The van der Waals surface area contributed by atoms with E-state index in [0.717, 1.165) is 63.6 Å². The van der Waals surface area contributed by atoms with Crippen LogP contribution in [-0.2, 0) is 12.8 Å². The Morgan fingerprint density at radius 3 is 2.63 bits per heavy atom. The summed E-state index contributed by atoms with van der Waals surface area (Å²) in [5, 5.41) is 3.37. The van der Waals surface area contributed by atoms with Crippen LogP contribution in [0.3, 0.4) is 0 Å². The maximum atomic E-state index is 11.8. The van der Waals surface area contributed by atoms with Gasteiger partial charge < -0.3 is 20.1 Å². The Balaban J connectivity index is 1.96. The molecule has 0 saturated carbocycles. The molecule has 0 radical (unpaired) electrons. The van der Waals surface area contributed by atoms with Gasteiger partial charge in [-0.1, -0.05) is 0 Å². The van der Waals surface area contributed by atoms with Gasteiger partial charge >= 0.3 is 5.69 Å². The molecule has 1 fully saturated rings. The molecule has 0 unspecified atom stereocenters. The fourth-order valence-electron chi connectivity index (χ4n) is 2.84. The molecule has 0 aromatic carbocycles. The molecule has 0 bridgehead atoms. The number of nitrogens with zero attached hydrogens (tertiary/aromatic N) is 3. The number of hydrogen-bond donors (Lipinski definition) is 2. The Labute approximate surface area is 112 Å². The van der Waals surface area contributed by atoms with Crippen molar-refractivity contribution in [3.05, 3.63) is 21.7 Å². The lowest BCUT2D eigenvalue weighted by Crippen LogP contribution is -2.46. The molecule has 1 aromatic rings. The van der Waals surface area contributed by atoms with Gasteiger partial charge in [-0.25, -0.2) is 4.79 Å². The van der Waals surface area contributed by atoms with Gasteiger partial charge in [0, 0.05) is 50.4 Å². The van der Waals surface area contributed by atoms with E-state index in [1.54, 1.807) is 0 Å². The monoisotopic (exact) mass is 263 g/mol. The van der Waals surface area contributed by atoms with Gasteiger partial charge in [-0.2, -0.15) is 4.98 Å². The zero-order valence-electron chi connectivity index (χ0n) is 11.4. The largest absolute Gasteiger partial charge is 0.354 e. The quantitative estimate of drug-likeness (QED) is 0.695. The van der Waals surface area contributed by atoms with Crippen LogP contribution in [0.2, 0.25) is 0 Å². The highest BCUT2D eigenvalue weighted by Crippen LogP contribution is 2.21. The zero-order chi connectivity index (χ0) is 13.2. The summed E-state index contributed by atoms with van der Waals surface area (Å²) < 4.78 is 0. The average Bonchev–Trinajstić information content (AvgIpc) is 2.64. The van der Waals surface area contributed by atoms with Crippen LogP contribution in [0.15, 0.2) is 4.79 Å². The third kappa shape index (κ3) is 2.64. The second-order valence-corrected chi connectivity index (χ2v) is 5.36. The van der Waals surface area contributed by atoms with E-state index < -0.39 is 0 Å². The predicted octanol–water partition coefficient (Wildman–Crippen LogP) is -0.790. The lowest BCUT2D eigenvalue weighted by Gasteiger charge is -2.34. The van der Waals surface area contributed by atoms with Gasteiger partial charge in [0.2, 0.25) is 0 Å². The number of likely N-dealkylation sites (N-methyl/N-ethyl adjacent to an activating group) is 1. The van der Waals surface area contributed by atoms with Gasteiger partial charge in [0.15, 0.2) is 0 Å². The molecular weight excluding hydrogens is 242 g/mol. The van der Waals surface area contributed by atoms with E-state index in [0.29, 0.717) is 0 Å². The number of anilines is 1. The Bertz CT molecular complexity index is 504. The molecule has 6 heteroatoms. The number of fused-ring (bicyclic) bond motifs is 1. The first kappa shape index (κ1) is 12.6. The molecule has 0 spiro atoms. The lowest BCUT2D eigenvalue weighted by molar-refractivity contribution is 0.311. The summed E-state index contributed by atoms with van der Waals surface area (Å²) in [7, 11) is 2.13. The number of H-pyrrole nitrogens is 1. The van der Waals surface area contributed by atoms with E-state index in [1.807, 2.05) is 0 Å². The van der Waals surface area contributed by atoms with Crippen LogP contribution in [0.4, 0.5) is 5.82 Å². The fourth-order valence-corrected chi connectivity index (χ4v) is 2.84. The van der Waals surface area contributed by atoms with Crippen molar-refractivity contribution < 1.29 is 0 Å². The molecule has 2 aliphatic heterocycles. The number of aromatic amines is 1. The van der Waals surface area contributed by atoms with Crippen molar-refractivity contribution in [1.29, 1.82) is 0 Å². The third-order valence-corrected chi connectivity index (χ3v) is 4.01. The van der Waals surface area contributed by atoms with Crippen LogP contribution in [-0.4, -0.2) is 61.2 Å². The SMILES string of the molecule is CN1CCN(c2nc(=O)[nH]c3c2CCNCC3)CC1. The van der Waals surface area contributed by atoms with Crippen molar-refractivity contribution in [2.75, 3.05) is 51.2 Å². The number of nitrogens with one attached hydrogen (secondary N) is 2. The molecular formula is C13H21N5O. The topological polar surface area (TPSA) is 64.3 Å². The predicted molar refractivity (Wildman–Crippen MR) is 74.8 cm³/mol. The van der Waals surface area contributed by atoms with Crippen LogP contribution < -0.4 is 15.9 Å². The molecule has 2 N–H and O–H groups in total. The second-order valence-electron chi connectivity index (χ2n) is 5.36. The van der Waals surface area contributed by atoms with Crippen molar-refractivity contribution >= 4 is 5.82 Å². The Morgan fingerprint density at radius 2 is 1.84 bits per heavy atom. The van der Waals surface area contributed by atoms with Crippen molar-refractivity contribution in [1.82, 2.24) is 20.2 Å². The van der Waals surface area contributed by atoms with Crippen LogP contribution in [0.5, 0.6) is 0 Å². The molecule has 6 nitrogen and oxygen atoms in total. The van der Waals surface area contributed by atoms with E-state index in [-0.39, 0.29) is 5.69 Å². The molecule has 1 aromatic heterocycles. The zero-order valence-corrected chi connectivity index (χ0v) is 11.4. The van der Waals surface area contributed by atoms with Gasteiger partial charge in [-0.3, -0.25) is 0 Å². The summed E-state index contributed by atoms with van der Waals surface area (Å²) >= 11 is 0. The minimum Gasteiger partial charge on any atom is -0.354 e. The highest BCUT2D eigenvalue weighted by Gasteiger charge is 2.22. The number of piperazine rings is 1. The molecule has 2 aliphatic rings. The molecule has 3 rings (SSSR count). The summed E-state index contributed by atoms with van der Waals surface area (Å²) in [4.78, 5) is 23.5. The Morgan fingerprint density at radius 1 is 1.11 bits per heavy atom. The van der Waals surface area contributed by atoms with Crippen molar-refractivity contribution in [2.45, 2.75) is 12.8 Å². The van der Waals surface area contributed by atoms with Crippen molar-refractivity contribution in [2.24, 2.45) is 0 Å². The van der Waals surface area contributed by atoms with E-state index in [9.17, 15) is 4.79 Å². The first-order valence-electron chi connectivity index (χ1n) is 7.00. The minimum absolute atomic E-state index is 0.213. The molecule has 0 aliphatic carbocycles. The van der Waals surface area contributed by atoms with Crippen molar-refractivity contribution in [3.8, 4) is 0 Å². The van der Waals surface area contributed by atoms with Crippen molar-refractivity contribution in [3.63, 3.8) is 0 Å². The highest BCUT2D eigenvalue weighted by atomic mass is 16.1. The van der Waals surface area contributed by atoms with Gasteiger partial charge in [0.05, 0.1) is 0 Å². The summed E-state index contributed by atoms with van der Waals surface area (Å²) in [6.45, 7) is 5.85. The van der Waals surface area contributed by atoms with Gasteiger partial charge in [-0.15, -0.1) is 0 Å². The summed E-state index contributed by atoms with van der Waals surface area (Å²) in [5.74, 6) is 0.913. The number of hydrogen-bond acceptors (Lipinski definition) is 5. The average molecular weight is 263 g/mol. The maximum absolute atomic E-state index is 11.8. The second kappa shape index (κ2) is 5.30. The first-order valence-corrected chi connectivity index (χ1v) is 7.00. The molecule has 3 heterocycles. The third-order valence-electron chi connectivity index (χ3n) is 4.01. The normalized spacial score (nSPS) is 21.0. The number of rotatable bonds is 1. The molecule has 0 amide bonds. The Kier molecular flexibility index (Phi) is 3.52. The highest BCUT2D eigenvalue weighted by molar-refractivity contribution is 5.49. The van der Waals surface area contributed by atoms with Crippen LogP contribution in [0, 0.1) is 0 Å². The van der Waals surface area contributed by atoms with E-state index in [2.05, 4.69) is 32.1 Å². The standard InChI is InChI=1S/C13H21N5O/c1-17-6-8-18(9-7-17)12-10-2-4-14-5-3-11(10)15-13(19)16-12/h14H,2-9H2,1H3,(H,15,16,19). The van der Waals surface area contributed by atoms with Crippen LogP contribution in [0.25, 0.3) is 0 Å². The Hall–Kier alpha value is -1.40. The number of aromatic nitrogens is 2. The molecule has 1 saturated heterocycles. The van der Waals surface area contributed by atoms with Gasteiger partial charge in [-0.05, 0) is 20.0 Å². The lowest BCUT2D eigenvalue weighted by atomic mass is 10.1. The van der Waals surface area contributed by atoms with E-state index in [1.165, 1.54) is 5.56 Å². The summed E-state index contributed by atoms with van der Waals surface area (Å²) in [6.07, 6.45) is 1.83. The van der Waals surface area contributed by atoms with Crippen LogP contribution in [0.1, 0.15) is 11.3 Å². The van der Waals surface area contributed by atoms with E-state index in [4.69, 9.17) is 0 Å². The maximum Gasteiger partial charge on any atom is 0.347 e. The molecule has 0 atom stereocenters. The smallest absolute Gasteiger partial charge is 0.347 e. The fraction of sp³-hybridized carbons (Fsp3) is 0.692. The minimum atomic E-state index is -0.213. The first-order chi connectivity index (χ1) is 9.24. The van der Waals surface area contributed by atoms with Gasteiger partial charge in [0.25, 0.3) is 0 Å². The van der Waals surface area contributed by atoms with Gasteiger partial charge in [0.1, 0.15) is 5.82 Å². The van der Waals surface area contributed by atoms with E-state index >= 15 is 0 Å².